The van der Waals surface area contributed by atoms with Gasteiger partial charge in [0.05, 0.1) is 4.90 Å². The maximum absolute atomic E-state index is 12.6. The van der Waals surface area contributed by atoms with E-state index in [0.717, 1.165) is 25.7 Å². The third-order valence-electron chi connectivity index (χ3n) is 3.49. The fraction of sp³-hybridized carbons (Fsp3) is 0.588. The molecule has 0 fully saturated rings. The molecule has 1 rings (SSSR count). The maximum Gasteiger partial charge on any atom is 0.253 e. The average molecular weight is 340 g/mol. The van der Waals surface area contributed by atoms with E-state index < -0.39 is 10.0 Å². The summed E-state index contributed by atoms with van der Waals surface area (Å²) in [7, 11) is -3.56. The second kappa shape index (κ2) is 9.67. The van der Waals surface area contributed by atoms with Gasteiger partial charge in [-0.1, -0.05) is 33.3 Å². The molecule has 0 saturated heterocycles. The molecule has 0 bridgehead atoms. The zero-order chi connectivity index (χ0) is 17.3. The van der Waals surface area contributed by atoms with Gasteiger partial charge >= 0.3 is 0 Å². The van der Waals surface area contributed by atoms with Crippen molar-refractivity contribution in [3.8, 4) is 0 Å². The van der Waals surface area contributed by atoms with Crippen LogP contribution in [-0.2, 0) is 10.0 Å². The van der Waals surface area contributed by atoms with Gasteiger partial charge in [-0.2, -0.15) is 0 Å². The molecule has 5 nitrogen and oxygen atoms in total. The van der Waals surface area contributed by atoms with E-state index in [-0.39, 0.29) is 10.8 Å². The molecule has 1 aromatic carbocycles. The lowest BCUT2D eigenvalue weighted by Gasteiger charge is -2.21. The number of nitrogens with zero attached hydrogens (tertiary/aromatic N) is 1. The molecule has 0 spiro atoms. The molecule has 1 amide bonds. The van der Waals surface area contributed by atoms with Crippen molar-refractivity contribution in [2.24, 2.45) is 0 Å². The number of carbonyl (C=O) groups is 1. The van der Waals surface area contributed by atoms with E-state index in [9.17, 15) is 13.2 Å². The van der Waals surface area contributed by atoms with Crippen molar-refractivity contribution in [2.45, 2.75) is 51.3 Å². The molecule has 0 saturated carbocycles. The lowest BCUT2D eigenvalue weighted by Crippen LogP contribution is -2.32. The van der Waals surface area contributed by atoms with Crippen molar-refractivity contribution in [2.75, 3.05) is 19.6 Å². The molecule has 0 unspecified atom stereocenters. The Morgan fingerprint density at radius 3 is 2.30 bits per heavy atom. The Labute approximate surface area is 140 Å². The minimum absolute atomic E-state index is 0.112. The molecule has 23 heavy (non-hydrogen) atoms. The van der Waals surface area contributed by atoms with Gasteiger partial charge in [-0.3, -0.25) is 4.79 Å². The number of hydrogen-bond donors (Lipinski definition) is 1. The smallest absolute Gasteiger partial charge is 0.253 e. The van der Waals surface area contributed by atoms with Gasteiger partial charge in [0.2, 0.25) is 10.0 Å². The fourth-order valence-electron chi connectivity index (χ4n) is 2.30. The van der Waals surface area contributed by atoms with Crippen LogP contribution in [0.25, 0.3) is 0 Å². The summed E-state index contributed by atoms with van der Waals surface area (Å²) < 4.78 is 27.1. The molecule has 0 heterocycles. The first-order valence-corrected chi connectivity index (χ1v) is 9.83. The normalized spacial score (nSPS) is 11.4. The van der Waals surface area contributed by atoms with Gasteiger partial charge in [-0.15, -0.1) is 0 Å². The monoisotopic (exact) mass is 340 g/mol. The number of benzene rings is 1. The molecular formula is C17H28N2O3S. The van der Waals surface area contributed by atoms with Gasteiger partial charge in [0, 0.05) is 25.2 Å². The summed E-state index contributed by atoms with van der Waals surface area (Å²) in [5.74, 6) is -0.112. The quantitative estimate of drug-likeness (QED) is 0.666. The predicted molar refractivity (Wildman–Crippen MR) is 93.0 cm³/mol. The Hall–Kier alpha value is -1.40. The summed E-state index contributed by atoms with van der Waals surface area (Å²) in [4.78, 5) is 14.5. The van der Waals surface area contributed by atoms with Crippen LogP contribution in [0.5, 0.6) is 0 Å². The Morgan fingerprint density at radius 1 is 1.09 bits per heavy atom. The first-order valence-electron chi connectivity index (χ1n) is 8.35. The van der Waals surface area contributed by atoms with Crippen molar-refractivity contribution < 1.29 is 13.2 Å². The average Bonchev–Trinajstić information content (AvgIpc) is 2.54. The molecular weight excluding hydrogens is 312 g/mol. The number of amides is 1. The topological polar surface area (TPSA) is 66.5 Å². The van der Waals surface area contributed by atoms with E-state index in [0.29, 0.717) is 25.2 Å². The van der Waals surface area contributed by atoms with Crippen LogP contribution < -0.4 is 4.72 Å². The summed E-state index contributed by atoms with van der Waals surface area (Å²) in [6.45, 7) is 7.82. The Morgan fingerprint density at radius 2 is 1.74 bits per heavy atom. The van der Waals surface area contributed by atoms with Gasteiger partial charge in [-0.25, -0.2) is 13.1 Å². The van der Waals surface area contributed by atoms with Crippen LogP contribution in [0.2, 0.25) is 0 Å². The lowest BCUT2D eigenvalue weighted by atomic mass is 10.2. The summed E-state index contributed by atoms with van der Waals surface area (Å²) >= 11 is 0. The van der Waals surface area contributed by atoms with Crippen LogP contribution in [0.1, 0.15) is 56.8 Å². The zero-order valence-corrected chi connectivity index (χ0v) is 15.2. The van der Waals surface area contributed by atoms with Crippen LogP contribution in [0.15, 0.2) is 29.2 Å². The molecule has 0 aliphatic rings. The van der Waals surface area contributed by atoms with Crippen LogP contribution in [-0.4, -0.2) is 38.9 Å². The molecule has 0 radical (unpaired) electrons. The Bertz CT molecular complexity index is 594. The van der Waals surface area contributed by atoms with Crippen molar-refractivity contribution in [1.82, 2.24) is 9.62 Å². The molecule has 0 aliphatic carbocycles. The lowest BCUT2D eigenvalue weighted by molar-refractivity contribution is 0.0755. The third kappa shape index (κ3) is 5.95. The summed E-state index contributed by atoms with van der Waals surface area (Å²) in [6, 6.07) is 6.29. The van der Waals surface area contributed by atoms with Crippen molar-refractivity contribution in [1.29, 1.82) is 0 Å². The largest absolute Gasteiger partial charge is 0.339 e. The molecule has 1 N–H and O–H groups in total. The van der Waals surface area contributed by atoms with E-state index in [1.54, 1.807) is 17.0 Å². The minimum Gasteiger partial charge on any atom is -0.339 e. The van der Waals surface area contributed by atoms with Gasteiger partial charge in [0.15, 0.2) is 0 Å². The Balaban J connectivity index is 2.96. The first-order chi connectivity index (χ1) is 11.0. The summed E-state index contributed by atoms with van der Waals surface area (Å²) in [5, 5.41) is 0. The number of unbranched alkanes of at least 4 members (excludes halogenated alkanes) is 1. The standard InChI is InChI=1S/C17H28N2O3S/c1-4-7-11-18-23(21,22)16-10-8-9-15(14-16)17(20)19(12-5-2)13-6-3/h8-10,14,18H,4-7,11-13H2,1-3H3. The van der Waals surface area contributed by atoms with Crippen LogP contribution in [0.4, 0.5) is 0 Å². The first kappa shape index (κ1) is 19.6. The molecule has 1 aromatic rings. The maximum atomic E-state index is 12.6. The fourth-order valence-corrected chi connectivity index (χ4v) is 3.42. The van der Waals surface area contributed by atoms with Crippen LogP contribution in [0, 0.1) is 0 Å². The van der Waals surface area contributed by atoms with E-state index in [1.807, 2.05) is 20.8 Å². The highest BCUT2D eigenvalue weighted by atomic mass is 32.2. The molecule has 0 aromatic heterocycles. The van der Waals surface area contributed by atoms with Crippen LogP contribution in [0.3, 0.4) is 0 Å². The third-order valence-corrected chi connectivity index (χ3v) is 4.95. The summed E-state index contributed by atoms with van der Waals surface area (Å²) in [5.41, 5.74) is 0.422. The highest BCUT2D eigenvalue weighted by Gasteiger charge is 2.18. The van der Waals surface area contributed by atoms with Gasteiger partial charge in [0.1, 0.15) is 0 Å². The van der Waals surface area contributed by atoms with Crippen molar-refractivity contribution >= 4 is 15.9 Å². The van der Waals surface area contributed by atoms with Crippen molar-refractivity contribution in [3.63, 3.8) is 0 Å². The highest BCUT2D eigenvalue weighted by Crippen LogP contribution is 2.14. The van der Waals surface area contributed by atoms with E-state index in [2.05, 4.69) is 4.72 Å². The highest BCUT2D eigenvalue weighted by molar-refractivity contribution is 7.89. The zero-order valence-electron chi connectivity index (χ0n) is 14.3. The number of nitrogens with one attached hydrogen (secondary N) is 1. The molecule has 130 valence electrons. The molecule has 6 heteroatoms. The van der Waals surface area contributed by atoms with Gasteiger partial charge in [-0.05, 0) is 37.5 Å². The van der Waals surface area contributed by atoms with Crippen LogP contribution >= 0.6 is 0 Å². The molecule has 0 atom stereocenters. The van der Waals surface area contributed by atoms with Gasteiger partial charge < -0.3 is 4.90 Å². The second-order valence-electron chi connectivity index (χ2n) is 5.57. The second-order valence-corrected chi connectivity index (χ2v) is 7.34. The molecule has 0 aliphatic heterocycles. The number of rotatable bonds is 10. The van der Waals surface area contributed by atoms with Crippen molar-refractivity contribution in [3.05, 3.63) is 29.8 Å². The number of sulfonamides is 1. The van der Waals surface area contributed by atoms with E-state index in [1.165, 1.54) is 12.1 Å². The Kier molecular flexibility index (Phi) is 8.26. The number of hydrogen-bond acceptors (Lipinski definition) is 3. The van der Waals surface area contributed by atoms with E-state index >= 15 is 0 Å². The SMILES string of the molecule is CCCCNS(=O)(=O)c1cccc(C(=O)N(CCC)CCC)c1. The van der Waals surface area contributed by atoms with Gasteiger partial charge in [0.25, 0.3) is 5.91 Å². The minimum atomic E-state index is -3.56. The van der Waals surface area contributed by atoms with E-state index in [4.69, 9.17) is 0 Å². The summed E-state index contributed by atoms with van der Waals surface area (Å²) in [6.07, 6.45) is 3.47. The predicted octanol–water partition coefficient (Wildman–Crippen LogP) is 3.03. The number of carbonyl (C=O) groups excluding carboxylic acids is 1.